The first-order valence-corrected chi connectivity index (χ1v) is 5.96. The first-order valence-electron chi connectivity index (χ1n) is 5.96. The van der Waals surface area contributed by atoms with Gasteiger partial charge in [-0.25, -0.2) is 0 Å². The minimum Gasteiger partial charge on any atom is -0.504 e. The summed E-state index contributed by atoms with van der Waals surface area (Å²) in [6, 6.07) is 7.93. The van der Waals surface area contributed by atoms with Gasteiger partial charge in [-0.1, -0.05) is 6.07 Å². The molecule has 0 aliphatic carbocycles. The maximum atomic E-state index is 12.5. The van der Waals surface area contributed by atoms with Gasteiger partial charge in [-0.2, -0.15) is 0 Å². The van der Waals surface area contributed by atoms with E-state index in [0.717, 1.165) is 0 Å². The summed E-state index contributed by atoms with van der Waals surface area (Å²) < 4.78 is 15.9. The zero-order valence-corrected chi connectivity index (χ0v) is 11.0. The third-order valence-corrected chi connectivity index (χ3v) is 3.18. The van der Waals surface area contributed by atoms with Gasteiger partial charge in [0.2, 0.25) is 5.43 Å². The van der Waals surface area contributed by atoms with Crippen LogP contribution in [0, 0.1) is 0 Å². The summed E-state index contributed by atoms with van der Waals surface area (Å²) >= 11 is 0. The standard InChI is InChI=1S/C15H12O5/c1-18-11-5-3-4-8-14(17)9-6-13(19-2)10(16)7-12(9)20-15(8)11/h3-7,16H,1-2H3. The Labute approximate surface area is 114 Å². The average Bonchev–Trinajstić information content (AvgIpc) is 2.46. The summed E-state index contributed by atoms with van der Waals surface area (Å²) in [6.45, 7) is 0. The van der Waals surface area contributed by atoms with E-state index in [0.29, 0.717) is 22.1 Å². The molecule has 2 aromatic carbocycles. The molecule has 1 aromatic heterocycles. The normalized spacial score (nSPS) is 10.9. The van der Waals surface area contributed by atoms with Crippen molar-refractivity contribution in [2.75, 3.05) is 14.2 Å². The van der Waals surface area contributed by atoms with Crippen molar-refractivity contribution in [2.24, 2.45) is 0 Å². The van der Waals surface area contributed by atoms with Gasteiger partial charge in [-0.3, -0.25) is 4.79 Å². The molecule has 0 bridgehead atoms. The van der Waals surface area contributed by atoms with Crippen molar-refractivity contribution in [1.82, 2.24) is 0 Å². The Bertz CT molecular complexity index is 863. The van der Waals surface area contributed by atoms with E-state index in [2.05, 4.69) is 0 Å². The zero-order valence-electron chi connectivity index (χ0n) is 11.0. The molecule has 3 aromatic rings. The highest BCUT2D eigenvalue weighted by atomic mass is 16.5. The van der Waals surface area contributed by atoms with Crippen LogP contribution in [0.25, 0.3) is 21.9 Å². The number of rotatable bonds is 2. The van der Waals surface area contributed by atoms with Crippen molar-refractivity contribution >= 4 is 21.9 Å². The predicted molar refractivity (Wildman–Crippen MR) is 74.8 cm³/mol. The van der Waals surface area contributed by atoms with Crippen molar-refractivity contribution < 1.29 is 19.0 Å². The van der Waals surface area contributed by atoms with Gasteiger partial charge in [-0.15, -0.1) is 0 Å². The largest absolute Gasteiger partial charge is 0.504 e. The van der Waals surface area contributed by atoms with E-state index in [1.807, 2.05) is 0 Å². The summed E-state index contributed by atoms with van der Waals surface area (Å²) in [5, 5.41) is 10.5. The van der Waals surface area contributed by atoms with E-state index >= 15 is 0 Å². The number of benzene rings is 2. The number of hydrogen-bond acceptors (Lipinski definition) is 5. The fourth-order valence-corrected chi connectivity index (χ4v) is 2.19. The number of para-hydroxylation sites is 1. The van der Waals surface area contributed by atoms with Crippen LogP contribution in [0.2, 0.25) is 0 Å². The van der Waals surface area contributed by atoms with Gasteiger partial charge in [0.05, 0.1) is 25.0 Å². The predicted octanol–water partition coefficient (Wildman–Crippen LogP) is 2.67. The van der Waals surface area contributed by atoms with Gasteiger partial charge in [0.1, 0.15) is 5.58 Å². The molecular weight excluding hydrogens is 260 g/mol. The molecule has 0 unspecified atom stereocenters. The number of aromatic hydroxyl groups is 1. The summed E-state index contributed by atoms with van der Waals surface area (Å²) in [6.07, 6.45) is 0. The first kappa shape index (κ1) is 12.3. The average molecular weight is 272 g/mol. The summed E-state index contributed by atoms with van der Waals surface area (Å²) in [7, 11) is 2.93. The smallest absolute Gasteiger partial charge is 0.200 e. The maximum absolute atomic E-state index is 12.5. The lowest BCUT2D eigenvalue weighted by atomic mass is 10.1. The molecule has 1 N–H and O–H groups in total. The topological polar surface area (TPSA) is 68.9 Å². The molecule has 0 atom stereocenters. The minimum absolute atomic E-state index is 0.0857. The Morgan fingerprint density at radius 3 is 2.50 bits per heavy atom. The van der Waals surface area contributed by atoms with Crippen LogP contribution < -0.4 is 14.9 Å². The molecule has 0 aliphatic heterocycles. The molecule has 0 radical (unpaired) electrons. The Balaban J connectivity index is 2.51. The fourth-order valence-electron chi connectivity index (χ4n) is 2.19. The molecule has 5 heteroatoms. The molecule has 0 saturated carbocycles. The van der Waals surface area contributed by atoms with E-state index < -0.39 is 0 Å². The molecular formula is C15H12O5. The molecule has 0 spiro atoms. The van der Waals surface area contributed by atoms with Crippen molar-refractivity contribution in [3.8, 4) is 17.2 Å². The van der Waals surface area contributed by atoms with Crippen LogP contribution in [0.4, 0.5) is 0 Å². The van der Waals surface area contributed by atoms with Gasteiger partial charge in [0.25, 0.3) is 0 Å². The van der Waals surface area contributed by atoms with Gasteiger partial charge >= 0.3 is 0 Å². The Hall–Kier alpha value is -2.69. The number of hydrogen-bond donors (Lipinski definition) is 1. The van der Waals surface area contributed by atoms with Gasteiger partial charge < -0.3 is 19.0 Å². The van der Waals surface area contributed by atoms with E-state index in [-0.39, 0.29) is 22.5 Å². The molecule has 0 amide bonds. The van der Waals surface area contributed by atoms with Crippen molar-refractivity contribution in [1.29, 1.82) is 0 Å². The third kappa shape index (κ3) is 1.67. The highest BCUT2D eigenvalue weighted by molar-refractivity contribution is 5.93. The summed E-state index contributed by atoms with van der Waals surface area (Å²) in [5.74, 6) is 0.612. The lowest BCUT2D eigenvalue weighted by molar-refractivity contribution is 0.373. The van der Waals surface area contributed by atoms with Crippen molar-refractivity contribution in [3.63, 3.8) is 0 Å². The van der Waals surface area contributed by atoms with Crippen LogP contribution in [0.5, 0.6) is 17.2 Å². The first-order chi connectivity index (χ1) is 9.65. The lowest BCUT2D eigenvalue weighted by Crippen LogP contribution is -2.03. The maximum Gasteiger partial charge on any atom is 0.200 e. The van der Waals surface area contributed by atoms with Crippen LogP contribution >= 0.6 is 0 Å². The number of phenolic OH excluding ortho intramolecular Hbond substituents is 1. The zero-order chi connectivity index (χ0) is 14.3. The monoisotopic (exact) mass is 272 g/mol. The van der Waals surface area contributed by atoms with Crippen LogP contribution in [0.3, 0.4) is 0 Å². The molecule has 1 heterocycles. The van der Waals surface area contributed by atoms with Crippen LogP contribution in [-0.2, 0) is 0 Å². The minimum atomic E-state index is -0.196. The van der Waals surface area contributed by atoms with Crippen LogP contribution in [-0.4, -0.2) is 19.3 Å². The molecule has 102 valence electrons. The molecule has 20 heavy (non-hydrogen) atoms. The SMILES string of the molecule is COc1cc2c(=O)c3cccc(OC)c3oc2cc1O. The summed E-state index contributed by atoms with van der Waals surface area (Å²) in [4.78, 5) is 12.5. The molecule has 5 nitrogen and oxygen atoms in total. The summed E-state index contributed by atoms with van der Waals surface area (Å²) in [5.41, 5.74) is 0.445. The second-order valence-corrected chi connectivity index (χ2v) is 4.29. The van der Waals surface area contributed by atoms with E-state index in [1.165, 1.54) is 26.4 Å². The molecule has 0 fully saturated rings. The van der Waals surface area contributed by atoms with Gasteiger partial charge in [0, 0.05) is 6.07 Å². The second kappa shape index (κ2) is 4.45. The number of ether oxygens (including phenoxy) is 2. The number of phenols is 1. The van der Waals surface area contributed by atoms with Gasteiger partial charge in [-0.05, 0) is 18.2 Å². The van der Waals surface area contributed by atoms with Gasteiger partial charge in [0.15, 0.2) is 22.8 Å². The lowest BCUT2D eigenvalue weighted by Gasteiger charge is -2.08. The highest BCUT2D eigenvalue weighted by Gasteiger charge is 2.14. The second-order valence-electron chi connectivity index (χ2n) is 4.29. The van der Waals surface area contributed by atoms with Crippen LogP contribution in [0.1, 0.15) is 0 Å². The van der Waals surface area contributed by atoms with Crippen molar-refractivity contribution in [3.05, 3.63) is 40.6 Å². The number of fused-ring (bicyclic) bond motifs is 2. The van der Waals surface area contributed by atoms with E-state index in [4.69, 9.17) is 13.9 Å². The van der Waals surface area contributed by atoms with E-state index in [9.17, 15) is 9.90 Å². The molecule has 0 saturated heterocycles. The van der Waals surface area contributed by atoms with Crippen molar-refractivity contribution in [2.45, 2.75) is 0 Å². The Kier molecular flexibility index (Phi) is 2.75. The highest BCUT2D eigenvalue weighted by Crippen LogP contribution is 2.33. The number of methoxy groups -OCH3 is 2. The molecule has 3 rings (SSSR count). The molecule has 0 aliphatic rings. The Morgan fingerprint density at radius 1 is 1.05 bits per heavy atom. The Morgan fingerprint density at radius 2 is 1.80 bits per heavy atom. The fraction of sp³-hybridized carbons (Fsp3) is 0.133. The van der Waals surface area contributed by atoms with Crippen LogP contribution in [0.15, 0.2) is 39.5 Å². The van der Waals surface area contributed by atoms with E-state index in [1.54, 1.807) is 18.2 Å². The third-order valence-electron chi connectivity index (χ3n) is 3.18. The quantitative estimate of drug-likeness (QED) is 0.726.